The number of carbonyl (C=O) groups is 1. The fraction of sp³-hybridized carbons (Fsp3) is 0.700. The summed E-state index contributed by atoms with van der Waals surface area (Å²) in [4.78, 5) is 11.3. The minimum absolute atomic E-state index is 0.0710. The molecule has 1 rings (SSSR count). The first-order chi connectivity index (χ1) is 7.58. The highest BCUT2D eigenvalue weighted by molar-refractivity contribution is 5.76. The molecular weight excluding hydrogens is 206 g/mol. The molecule has 0 bridgehead atoms. The largest absolute Gasteiger partial charge is 0.354 e. The Hall–Kier alpha value is -1.43. The van der Waals surface area contributed by atoms with Crippen LogP contribution in [0.25, 0.3) is 0 Å². The van der Waals surface area contributed by atoms with E-state index in [0.29, 0.717) is 19.5 Å². The number of aromatic nitrogens is 3. The van der Waals surface area contributed by atoms with Crippen LogP contribution in [0.3, 0.4) is 0 Å². The van der Waals surface area contributed by atoms with Crippen LogP contribution in [0.15, 0.2) is 6.20 Å². The van der Waals surface area contributed by atoms with Crippen molar-refractivity contribution in [2.75, 3.05) is 6.54 Å². The van der Waals surface area contributed by atoms with Crippen molar-refractivity contribution < 1.29 is 4.79 Å². The van der Waals surface area contributed by atoms with E-state index in [2.05, 4.69) is 20.9 Å². The van der Waals surface area contributed by atoms with Crippen molar-refractivity contribution in [1.82, 2.24) is 25.6 Å². The molecule has 0 radical (unpaired) electrons. The van der Waals surface area contributed by atoms with E-state index in [1.165, 1.54) is 0 Å². The number of hydrogen-bond donors (Lipinski definition) is 2. The van der Waals surface area contributed by atoms with Gasteiger partial charge in [0.05, 0.1) is 5.69 Å². The van der Waals surface area contributed by atoms with E-state index in [-0.39, 0.29) is 11.9 Å². The Bertz CT molecular complexity index is 334. The van der Waals surface area contributed by atoms with Gasteiger partial charge in [-0.25, -0.2) is 0 Å². The van der Waals surface area contributed by atoms with Gasteiger partial charge in [-0.15, -0.1) is 5.10 Å². The van der Waals surface area contributed by atoms with Crippen LogP contribution in [0.5, 0.6) is 0 Å². The summed E-state index contributed by atoms with van der Waals surface area (Å²) in [5, 5.41) is 13.7. The summed E-state index contributed by atoms with van der Waals surface area (Å²) in [6.07, 6.45) is 2.33. The van der Waals surface area contributed by atoms with Gasteiger partial charge in [0.1, 0.15) is 0 Å². The quantitative estimate of drug-likeness (QED) is 0.659. The lowest BCUT2D eigenvalue weighted by molar-refractivity contribution is -0.121. The molecule has 1 amide bonds. The monoisotopic (exact) mass is 225 g/mol. The number of carbonyl (C=O) groups excluding carboxylic acids is 1. The van der Waals surface area contributed by atoms with Crippen LogP contribution >= 0.6 is 0 Å². The molecule has 0 spiro atoms. The fourth-order valence-electron chi connectivity index (χ4n) is 1.29. The Labute approximate surface area is 95.4 Å². The molecule has 0 saturated heterocycles. The molecule has 0 fully saturated rings. The number of rotatable bonds is 6. The zero-order chi connectivity index (χ0) is 12.0. The SMILES string of the molecule is CC(C)NC(=O)CCNCc1cn(C)nn1. The standard InChI is InChI=1S/C10H19N5O/c1-8(2)12-10(16)4-5-11-6-9-7-15(3)14-13-9/h7-8,11H,4-6H2,1-3H3,(H,12,16). The average molecular weight is 225 g/mol. The topological polar surface area (TPSA) is 71.8 Å². The molecule has 0 atom stereocenters. The minimum Gasteiger partial charge on any atom is -0.354 e. The van der Waals surface area contributed by atoms with Crippen LogP contribution in [0.2, 0.25) is 0 Å². The lowest BCUT2D eigenvalue weighted by atomic mass is 10.3. The van der Waals surface area contributed by atoms with Crippen LogP contribution in [-0.2, 0) is 18.4 Å². The zero-order valence-electron chi connectivity index (χ0n) is 10.0. The molecule has 1 aromatic rings. The van der Waals surface area contributed by atoms with Gasteiger partial charge >= 0.3 is 0 Å². The normalized spacial score (nSPS) is 10.8. The molecule has 6 nitrogen and oxygen atoms in total. The Morgan fingerprint density at radius 3 is 2.88 bits per heavy atom. The molecule has 0 aromatic carbocycles. The molecule has 90 valence electrons. The van der Waals surface area contributed by atoms with E-state index in [9.17, 15) is 4.79 Å². The average Bonchev–Trinajstić information content (AvgIpc) is 2.58. The van der Waals surface area contributed by atoms with Crippen molar-refractivity contribution in [3.05, 3.63) is 11.9 Å². The summed E-state index contributed by atoms with van der Waals surface area (Å²) in [6.45, 7) is 5.19. The second-order valence-electron chi connectivity index (χ2n) is 4.03. The lowest BCUT2D eigenvalue weighted by Crippen LogP contribution is -2.32. The number of nitrogens with zero attached hydrogens (tertiary/aromatic N) is 3. The summed E-state index contributed by atoms with van der Waals surface area (Å²) in [5.74, 6) is 0.0710. The summed E-state index contributed by atoms with van der Waals surface area (Å²) < 4.78 is 1.66. The van der Waals surface area contributed by atoms with Crippen molar-refractivity contribution in [3.63, 3.8) is 0 Å². The molecule has 6 heteroatoms. The van der Waals surface area contributed by atoms with Crippen molar-refractivity contribution in [1.29, 1.82) is 0 Å². The summed E-state index contributed by atoms with van der Waals surface area (Å²) in [5.41, 5.74) is 0.881. The van der Waals surface area contributed by atoms with Gasteiger partial charge in [0.25, 0.3) is 0 Å². The number of hydrogen-bond acceptors (Lipinski definition) is 4. The van der Waals surface area contributed by atoms with Crippen LogP contribution in [0, 0.1) is 0 Å². The van der Waals surface area contributed by atoms with Gasteiger partial charge in [-0.05, 0) is 13.8 Å². The fourth-order valence-corrected chi connectivity index (χ4v) is 1.29. The maximum atomic E-state index is 11.3. The summed E-state index contributed by atoms with van der Waals surface area (Å²) >= 11 is 0. The van der Waals surface area contributed by atoms with Gasteiger partial charge in [-0.3, -0.25) is 9.48 Å². The van der Waals surface area contributed by atoms with E-state index >= 15 is 0 Å². The highest BCUT2D eigenvalue weighted by atomic mass is 16.1. The third kappa shape index (κ3) is 4.88. The molecule has 1 heterocycles. The summed E-state index contributed by atoms with van der Waals surface area (Å²) in [7, 11) is 1.83. The first-order valence-corrected chi connectivity index (χ1v) is 5.43. The number of nitrogens with one attached hydrogen (secondary N) is 2. The first kappa shape index (κ1) is 12.6. The van der Waals surface area contributed by atoms with Crippen LogP contribution in [0.4, 0.5) is 0 Å². The Balaban J connectivity index is 2.10. The van der Waals surface area contributed by atoms with Crippen LogP contribution in [0.1, 0.15) is 26.0 Å². The van der Waals surface area contributed by atoms with Gasteiger partial charge in [0.15, 0.2) is 0 Å². The Kier molecular flexibility index (Phi) is 4.91. The van der Waals surface area contributed by atoms with E-state index in [4.69, 9.17) is 0 Å². The predicted molar refractivity (Wildman–Crippen MR) is 60.6 cm³/mol. The maximum absolute atomic E-state index is 11.3. The third-order valence-electron chi connectivity index (χ3n) is 1.93. The van der Waals surface area contributed by atoms with Gasteiger partial charge in [-0.1, -0.05) is 5.21 Å². The van der Waals surface area contributed by atoms with Crippen molar-refractivity contribution >= 4 is 5.91 Å². The molecule has 0 aliphatic carbocycles. The van der Waals surface area contributed by atoms with Gasteiger partial charge < -0.3 is 10.6 Å². The van der Waals surface area contributed by atoms with Crippen LogP contribution < -0.4 is 10.6 Å². The second kappa shape index (κ2) is 6.22. The maximum Gasteiger partial charge on any atom is 0.221 e. The predicted octanol–water partition coefficient (Wildman–Crippen LogP) is -0.181. The van der Waals surface area contributed by atoms with Gasteiger partial charge in [0, 0.05) is 38.8 Å². The number of aryl methyl sites for hydroxylation is 1. The first-order valence-electron chi connectivity index (χ1n) is 5.43. The van der Waals surface area contributed by atoms with Crippen molar-refractivity contribution in [2.45, 2.75) is 32.9 Å². The molecule has 16 heavy (non-hydrogen) atoms. The highest BCUT2D eigenvalue weighted by Gasteiger charge is 2.03. The van der Waals surface area contributed by atoms with Gasteiger partial charge in [-0.2, -0.15) is 0 Å². The smallest absolute Gasteiger partial charge is 0.221 e. The molecule has 0 saturated carbocycles. The molecule has 2 N–H and O–H groups in total. The van der Waals surface area contributed by atoms with E-state index < -0.39 is 0 Å². The highest BCUT2D eigenvalue weighted by Crippen LogP contribution is 1.90. The lowest BCUT2D eigenvalue weighted by Gasteiger charge is -2.08. The molecule has 0 unspecified atom stereocenters. The van der Waals surface area contributed by atoms with Crippen molar-refractivity contribution in [3.8, 4) is 0 Å². The number of amides is 1. The molecule has 0 aliphatic rings. The molecule has 1 aromatic heterocycles. The minimum atomic E-state index is 0.0710. The van der Waals surface area contributed by atoms with Crippen molar-refractivity contribution in [2.24, 2.45) is 7.05 Å². The third-order valence-corrected chi connectivity index (χ3v) is 1.93. The summed E-state index contributed by atoms with van der Waals surface area (Å²) in [6, 6.07) is 0.201. The van der Waals surface area contributed by atoms with Gasteiger partial charge in [0.2, 0.25) is 5.91 Å². The Morgan fingerprint density at radius 2 is 2.31 bits per heavy atom. The zero-order valence-corrected chi connectivity index (χ0v) is 10.0. The second-order valence-corrected chi connectivity index (χ2v) is 4.03. The van der Waals surface area contributed by atoms with E-state index in [1.54, 1.807) is 4.68 Å². The molecular formula is C10H19N5O. The molecule has 0 aliphatic heterocycles. The van der Waals surface area contributed by atoms with E-state index in [0.717, 1.165) is 5.69 Å². The van der Waals surface area contributed by atoms with E-state index in [1.807, 2.05) is 27.1 Å². The van der Waals surface area contributed by atoms with Crippen LogP contribution in [-0.4, -0.2) is 33.5 Å². The Morgan fingerprint density at radius 1 is 1.56 bits per heavy atom.